The molecule has 0 spiro atoms. The number of alkyl halides is 2. The third-order valence-electron chi connectivity index (χ3n) is 3.61. The lowest BCUT2D eigenvalue weighted by atomic mass is 10.1. The molecule has 156 valence electrons. The van der Waals surface area contributed by atoms with Gasteiger partial charge in [-0.25, -0.2) is 0 Å². The molecule has 30 heavy (non-hydrogen) atoms. The summed E-state index contributed by atoms with van der Waals surface area (Å²) in [6.45, 7) is -0.0633. The van der Waals surface area contributed by atoms with Gasteiger partial charge in [0.25, 0.3) is 5.76 Å². The second-order valence-electron chi connectivity index (χ2n) is 5.76. The highest BCUT2D eigenvalue weighted by atomic mass is 32.2. The van der Waals surface area contributed by atoms with E-state index < -0.39 is 5.76 Å². The lowest BCUT2D eigenvalue weighted by molar-refractivity contribution is -0.118. The highest BCUT2D eigenvalue weighted by Crippen LogP contribution is 2.29. The molecule has 1 amide bonds. The normalized spacial score (nSPS) is 10.8. The molecule has 0 saturated heterocycles. The zero-order valence-corrected chi connectivity index (χ0v) is 17.8. The first-order valence-corrected chi connectivity index (χ1v) is 11.3. The van der Waals surface area contributed by atoms with Crippen LogP contribution in [0.15, 0.2) is 63.8 Å². The van der Waals surface area contributed by atoms with Crippen molar-refractivity contribution in [3.8, 4) is 0 Å². The first-order chi connectivity index (χ1) is 14.5. The fourth-order valence-electron chi connectivity index (χ4n) is 2.25. The summed E-state index contributed by atoms with van der Waals surface area (Å²) in [4.78, 5) is 24.4. The minimum absolute atomic E-state index is 0.0633. The zero-order chi connectivity index (χ0) is 21.3. The van der Waals surface area contributed by atoms with Crippen molar-refractivity contribution in [1.82, 2.24) is 15.5 Å². The van der Waals surface area contributed by atoms with Crippen LogP contribution in [0.2, 0.25) is 0 Å². The quantitative estimate of drug-likeness (QED) is 0.331. The summed E-state index contributed by atoms with van der Waals surface area (Å²) < 4.78 is 25.3. The maximum atomic E-state index is 12.3. The smallest absolute Gasteiger partial charge is 0.288 e. The number of carbonyl (C=O) groups excluding carboxylic acids is 2. The summed E-state index contributed by atoms with van der Waals surface area (Å²) in [5.74, 6) is -2.79. The Kier molecular flexibility index (Phi) is 8.17. The summed E-state index contributed by atoms with van der Waals surface area (Å²) >= 11 is 2.96. The molecular weight excluding hydrogens is 450 g/mol. The van der Waals surface area contributed by atoms with E-state index in [0.29, 0.717) is 37.4 Å². The highest BCUT2D eigenvalue weighted by Gasteiger charge is 2.11. The van der Waals surface area contributed by atoms with Crippen LogP contribution in [0, 0.1) is 0 Å². The summed E-state index contributed by atoms with van der Waals surface area (Å²) in [5.41, 5.74) is 1.24. The molecule has 0 radical (unpaired) electrons. The Morgan fingerprint density at radius 2 is 1.77 bits per heavy atom. The second-order valence-corrected chi connectivity index (χ2v) is 9.02. The predicted octanol–water partition coefficient (Wildman–Crippen LogP) is 4.69. The fraction of sp³-hybridized carbons (Fsp3) is 0.158. The van der Waals surface area contributed by atoms with Gasteiger partial charge in [-0.1, -0.05) is 65.2 Å². The van der Waals surface area contributed by atoms with Crippen molar-refractivity contribution in [2.45, 2.75) is 15.0 Å². The van der Waals surface area contributed by atoms with Gasteiger partial charge in [0.2, 0.25) is 11.0 Å². The van der Waals surface area contributed by atoms with Crippen molar-refractivity contribution in [3.05, 3.63) is 60.2 Å². The number of Topliss-reactive ketones (excluding diaryl/α,β-unsaturated/α-hetero) is 1. The minimum atomic E-state index is -2.46. The Morgan fingerprint density at radius 1 is 1.03 bits per heavy atom. The number of aromatic nitrogens is 2. The number of hydrogen-bond acceptors (Lipinski definition) is 8. The molecule has 6 nitrogen and oxygen atoms in total. The molecule has 0 atom stereocenters. The van der Waals surface area contributed by atoms with E-state index in [2.05, 4.69) is 20.8 Å². The van der Waals surface area contributed by atoms with Gasteiger partial charge in [-0.15, -0.1) is 10.2 Å². The maximum absolute atomic E-state index is 12.3. The van der Waals surface area contributed by atoms with E-state index >= 15 is 0 Å². The van der Waals surface area contributed by atoms with Crippen LogP contribution in [0.3, 0.4) is 0 Å². The van der Waals surface area contributed by atoms with Gasteiger partial charge < -0.3 is 10.6 Å². The zero-order valence-electron chi connectivity index (χ0n) is 15.4. The van der Waals surface area contributed by atoms with Crippen LogP contribution in [0.5, 0.6) is 0 Å². The number of thioether (sulfide) groups is 2. The van der Waals surface area contributed by atoms with Gasteiger partial charge in [-0.2, -0.15) is 8.78 Å². The van der Waals surface area contributed by atoms with E-state index in [1.807, 2.05) is 6.07 Å². The standard InChI is InChI=1S/C19H16F2N4O2S3/c20-17(21)29-14-8-6-13(7-9-14)23-18-24-25-19(30-18)28-11-16(27)22-10-15(26)12-4-2-1-3-5-12/h1-9,17H,10-11H2,(H,22,27)(H,23,24). The third kappa shape index (κ3) is 7.08. The molecule has 11 heteroatoms. The van der Waals surface area contributed by atoms with Crippen LogP contribution in [-0.4, -0.2) is 39.9 Å². The monoisotopic (exact) mass is 466 g/mol. The number of nitrogens with zero attached hydrogens (tertiary/aromatic N) is 2. The number of halogens is 2. The van der Waals surface area contributed by atoms with Crippen molar-refractivity contribution in [1.29, 1.82) is 0 Å². The van der Waals surface area contributed by atoms with Crippen molar-refractivity contribution in [3.63, 3.8) is 0 Å². The van der Waals surface area contributed by atoms with Gasteiger partial charge in [0.05, 0.1) is 12.3 Å². The number of carbonyl (C=O) groups is 2. The molecular formula is C19H16F2N4O2S3. The number of hydrogen-bond donors (Lipinski definition) is 2. The number of rotatable bonds is 10. The van der Waals surface area contributed by atoms with E-state index in [-0.39, 0.29) is 24.0 Å². The van der Waals surface area contributed by atoms with Gasteiger partial charge in [-0.05, 0) is 24.3 Å². The van der Waals surface area contributed by atoms with Gasteiger partial charge in [0, 0.05) is 16.1 Å². The van der Waals surface area contributed by atoms with Gasteiger partial charge in [0.1, 0.15) is 0 Å². The third-order valence-corrected chi connectivity index (χ3v) is 6.30. The molecule has 1 heterocycles. The first-order valence-electron chi connectivity index (χ1n) is 8.63. The highest BCUT2D eigenvalue weighted by molar-refractivity contribution is 8.01. The minimum Gasteiger partial charge on any atom is -0.348 e. The molecule has 0 aliphatic rings. The van der Waals surface area contributed by atoms with Crippen LogP contribution in [0.1, 0.15) is 10.4 Å². The van der Waals surface area contributed by atoms with Crippen LogP contribution in [0.4, 0.5) is 19.6 Å². The number of amides is 1. The summed E-state index contributed by atoms with van der Waals surface area (Å²) in [6, 6.07) is 15.3. The molecule has 0 unspecified atom stereocenters. The average Bonchev–Trinajstić information content (AvgIpc) is 3.19. The second kappa shape index (κ2) is 11.0. The molecule has 0 saturated carbocycles. The topological polar surface area (TPSA) is 84.0 Å². The van der Waals surface area contributed by atoms with E-state index in [1.165, 1.54) is 23.1 Å². The van der Waals surface area contributed by atoms with Gasteiger partial charge in [0.15, 0.2) is 10.1 Å². The molecule has 0 bridgehead atoms. The number of ketones is 1. The maximum Gasteiger partial charge on any atom is 0.288 e. The lowest BCUT2D eigenvalue weighted by Crippen LogP contribution is -2.30. The van der Waals surface area contributed by atoms with Crippen molar-refractivity contribution in [2.75, 3.05) is 17.6 Å². The van der Waals surface area contributed by atoms with Crippen molar-refractivity contribution in [2.24, 2.45) is 0 Å². The van der Waals surface area contributed by atoms with Crippen molar-refractivity contribution >= 4 is 57.4 Å². The molecule has 2 aromatic carbocycles. The van der Waals surface area contributed by atoms with Crippen LogP contribution in [0.25, 0.3) is 0 Å². The number of benzene rings is 2. The number of nitrogens with one attached hydrogen (secondary N) is 2. The summed E-state index contributed by atoms with van der Waals surface area (Å²) in [7, 11) is 0. The average molecular weight is 467 g/mol. The van der Waals surface area contributed by atoms with Crippen LogP contribution < -0.4 is 10.6 Å². The fourth-order valence-corrected chi connectivity index (χ4v) is 4.35. The Bertz CT molecular complexity index is 985. The summed E-state index contributed by atoms with van der Waals surface area (Å²) in [5, 5.41) is 14.2. The molecule has 0 aliphatic heterocycles. The number of anilines is 2. The molecule has 3 aromatic rings. The first kappa shape index (κ1) is 22.2. The Hall–Kier alpha value is -2.50. The molecule has 1 aromatic heterocycles. The van der Waals surface area contributed by atoms with E-state index in [0.717, 1.165) is 0 Å². The van der Waals surface area contributed by atoms with Crippen molar-refractivity contribution < 1.29 is 18.4 Å². The Labute approximate surface area is 183 Å². The van der Waals surface area contributed by atoms with Crippen LogP contribution >= 0.6 is 34.9 Å². The van der Waals surface area contributed by atoms with E-state index in [4.69, 9.17) is 0 Å². The SMILES string of the molecule is O=C(CSc1nnc(Nc2ccc(SC(F)F)cc2)s1)NCC(=O)c1ccccc1. The van der Waals surface area contributed by atoms with Gasteiger partial charge >= 0.3 is 0 Å². The largest absolute Gasteiger partial charge is 0.348 e. The van der Waals surface area contributed by atoms with Crippen LogP contribution in [-0.2, 0) is 4.79 Å². The predicted molar refractivity (Wildman–Crippen MR) is 116 cm³/mol. The lowest BCUT2D eigenvalue weighted by Gasteiger charge is -2.04. The molecule has 2 N–H and O–H groups in total. The van der Waals surface area contributed by atoms with E-state index in [9.17, 15) is 18.4 Å². The Morgan fingerprint density at radius 3 is 2.47 bits per heavy atom. The Balaban J connectivity index is 1.42. The summed E-state index contributed by atoms with van der Waals surface area (Å²) in [6.07, 6.45) is 0. The molecule has 3 rings (SSSR count). The van der Waals surface area contributed by atoms with Gasteiger partial charge in [-0.3, -0.25) is 9.59 Å². The molecule has 0 aliphatic carbocycles. The molecule has 0 fully saturated rings. The van der Waals surface area contributed by atoms with E-state index in [1.54, 1.807) is 48.5 Å².